The number of carbonyl (C=O) groups is 8. The molecule has 35 heteroatoms. The smallest absolute Gasteiger partial charge is 0.221 e. The van der Waals surface area contributed by atoms with Gasteiger partial charge >= 0.3 is 0 Å². The molecule has 0 aromatic rings. The molecule has 0 spiro atoms. The van der Waals surface area contributed by atoms with Gasteiger partial charge in [0.15, 0.2) is 0 Å². The maximum atomic E-state index is 13.9. The van der Waals surface area contributed by atoms with Gasteiger partial charge in [-0.1, -0.05) is 0 Å². The third-order valence-corrected chi connectivity index (χ3v) is 19.5. The number of nitrogens with one attached hydrogen (secondary N) is 8. The first-order valence-electron chi connectivity index (χ1n) is 42.7. The Bertz CT molecular complexity index is 2350. The number of amides is 8. The maximum Gasteiger partial charge on any atom is 0.221 e. The highest BCUT2D eigenvalue weighted by Crippen LogP contribution is 2.08. The number of nitrogens with zero attached hydrogens (tertiary/aromatic N) is 14. The molecule has 0 aliphatic carbocycles. The van der Waals surface area contributed by atoms with Crippen molar-refractivity contribution in [2.45, 2.75) is 103 Å². The molecule has 0 unspecified atom stereocenters. The van der Waals surface area contributed by atoms with Crippen molar-refractivity contribution in [1.29, 1.82) is 0 Å². The van der Waals surface area contributed by atoms with E-state index in [2.05, 4.69) is 241 Å². The summed E-state index contributed by atoms with van der Waals surface area (Å²) in [6.45, 7) is 21.5. The number of carbonyl (C=O) groups excluding carboxylic acids is 8. The van der Waals surface area contributed by atoms with Crippen LogP contribution in [0.4, 0.5) is 0 Å². The topological polar surface area (TPSA) is 252 Å². The first-order chi connectivity index (χ1) is 51.8. The summed E-state index contributed by atoms with van der Waals surface area (Å²) in [6, 6.07) is 0. The average molecular weight is 1780 g/mol. The molecular formula is C82H180Cl5N22O8+3. The van der Waals surface area contributed by atoms with E-state index in [0.717, 1.165) is 140 Å². The van der Waals surface area contributed by atoms with Crippen molar-refractivity contribution in [3.63, 3.8) is 0 Å². The first-order valence-corrected chi connectivity index (χ1v) is 42.7. The summed E-state index contributed by atoms with van der Waals surface area (Å²) in [7, 11) is 51.5. The lowest BCUT2D eigenvalue weighted by Crippen LogP contribution is -3.00. The van der Waals surface area contributed by atoms with Gasteiger partial charge in [0.05, 0.1) is 222 Å². The SMILES string of the molecule is C[N+](C)(C)CCCNC(=O)CCN(CCC(=O)NCCC[N+](C)(C)C)CCN(CCC(=O)NCCC[N+](C)(C)C)CCN(CCC(=O)NCCC[N+](C)(C)C)CCN(CCC(=O)NCCC[N+](C)(C)C)CCN(CCC(=O)NCCC[N+](C)(C)C)CCN(CCC(=O)NCCC[N+](C)(C)C)CCC(=O)NCCC[N+](C)(C)C.[Cl-].[Cl-].[Cl-].[Cl-].[Cl-]. The Morgan fingerprint density at radius 3 is 0.333 bits per heavy atom. The summed E-state index contributed by atoms with van der Waals surface area (Å²) in [5.74, 6) is -0.199. The van der Waals surface area contributed by atoms with E-state index in [1.54, 1.807) is 0 Å². The lowest BCUT2D eigenvalue weighted by molar-refractivity contribution is -0.870. The van der Waals surface area contributed by atoms with E-state index in [1.165, 1.54) is 0 Å². The Labute approximate surface area is 745 Å². The highest BCUT2D eigenvalue weighted by Gasteiger charge is 2.23. The van der Waals surface area contributed by atoms with Gasteiger partial charge in [-0.25, -0.2) is 0 Å². The van der Waals surface area contributed by atoms with E-state index in [4.69, 9.17) is 0 Å². The number of quaternary nitrogens is 8. The van der Waals surface area contributed by atoms with Crippen molar-refractivity contribution in [1.82, 2.24) is 71.9 Å². The molecule has 698 valence electrons. The minimum absolute atomic E-state index is 0. The molecule has 0 bridgehead atoms. The highest BCUT2D eigenvalue weighted by atomic mass is 35.5. The Morgan fingerprint density at radius 2 is 0.248 bits per heavy atom. The zero-order chi connectivity index (χ0) is 85.1. The van der Waals surface area contributed by atoms with Crippen LogP contribution in [0.1, 0.15) is 103 Å². The quantitative estimate of drug-likeness (QED) is 0.0208. The van der Waals surface area contributed by atoms with Gasteiger partial charge in [-0.2, -0.15) is 0 Å². The highest BCUT2D eigenvalue weighted by molar-refractivity contribution is 5.78. The van der Waals surface area contributed by atoms with Crippen LogP contribution in [0, 0.1) is 0 Å². The molecule has 0 radical (unpaired) electrons. The Morgan fingerprint density at radius 1 is 0.162 bits per heavy atom. The first kappa shape index (κ1) is 124. The van der Waals surface area contributed by atoms with Crippen LogP contribution in [0.2, 0.25) is 0 Å². The van der Waals surface area contributed by atoms with Gasteiger partial charge in [0.25, 0.3) is 0 Å². The number of rotatable bonds is 71. The van der Waals surface area contributed by atoms with Crippen LogP contribution in [0.3, 0.4) is 0 Å². The summed E-state index contributed by atoms with van der Waals surface area (Å²) in [6.07, 6.45) is 9.06. The number of hydrogen-bond acceptors (Lipinski definition) is 14. The van der Waals surface area contributed by atoms with Gasteiger partial charge in [-0.05, 0) is 0 Å². The summed E-state index contributed by atoms with van der Waals surface area (Å²) in [4.78, 5) is 123. The summed E-state index contributed by atoms with van der Waals surface area (Å²) in [5, 5.41) is 25.3. The Hall–Kier alpha value is -3.35. The molecule has 0 aromatic carbocycles. The number of halogens is 5. The molecule has 0 heterocycles. The number of hydrogen-bond donors (Lipinski definition) is 8. The predicted molar refractivity (Wildman–Crippen MR) is 460 cm³/mol. The largest absolute Gasteiger partial charge is 1.00 e. The fourth-order valence-corrected chi connectivity index (χ4v) is 12.5. The summed E-state index contributed by atoms with van der Waals surface area (Å²) < 4.78 is 6.43. The Balaban J connectivity index is -0.00000616. The predicted octanol–water partition coefficient (Wildman–Crippen LogP) is -15.4. The van der Waals surface area contributed by atoms with Crippen molar-refractivity contribution < 1.29 is 136 Å². The summed E-state index contributed by atoms with van der Waals surface area (Å²) in [5.41, 5.74) is 0. The van der Waals surface area contributed by atoms with Crippen LogP contribution >= 0.6 is 0 Å². The molecule has 0 aromatic heterocycles. The molecule has 117 heavy (non-hydrogen) atoms. The van der Waals surface area contributed by atoms with E-state index in [-0.39, 0.29) is 161 Å². The monoisotopic (exact) mass is 1780 g/mol. The van der Waals surface area contributed by atoms with Crippen molar-refractivity contribution in [3.8, 4) is 0 Å². The van der Waals surface area contributed by atoms with Crippen molar-refractivity contribution in [3.05, 3.63) is 0 Å². The molecule has 0 atom stereocenters. The van der Waals surface area contributed by atoms with Crippen LogP contribution in [-0.2, 0) is 38.4 Å². The van der Waals surface area contributed by atoms with Crippen LogP contribution in [-0.4, -0.2) is 504 Å². The van der Waals surface area contributed by atoms with Crippen LogP contribution in [0.25, 0.3) is 0 Å². The average Bonchev–Trinajstić information content (AvgIpc) is 0.921. The molecule has 30 nitrogen and oxygen atoms in total. The second kappa shape index (κ2) is 67.1. The van der Waals surface area contributed by atoms with Gasteiger partial charge in [0.2, 0.25) is 47.3 Å². The zero-order valence-electron chi connectivity index (χ0n) is 78.8. The van der Waals surface area contributed by atoms with E-state index in [1.807, 2.05) is 0 Å². The van der Waals surface area contributed by atoms with Crippen molar-refractivity contribution in [2.24, 2.45) is 0 Å². The molecular weight excluding hydrogens is 1600 g/mol. The molecule has 0 aliphatic heterocycles. The second-order valence-corrected chi connectivity index (χ2v) is 39.8. The normalized spacial score (nSPS) is 12.3. The zero-order valence-corrected chi connectivity index (χ0v) is 82.6. The molecule has 0 aliphatic rings. The minimum Gasteiger partial charge on any atom is -1.00 e. The minimum atomic E-state index is -0.0262. The van der Waals surface area contributed by atoms with Crippen LogP contribution < -0.4 is 105 Å². The lowest BCUT2D eigenvalue weighted by Gasteiger charge is -2.33. The van der Waals surface area contributed by atoms with Gasteiger partial charge < -0.3 is 170 Å². The van der Waals surface area contributed by atoms with Gasteiger partial charge in [0, 0.05) is 273 Å². The maximum absolute atomic E-state index is 13.9. The standard InChI is InChI=1S/C82H172N22O8.5ClH/c1-97(2,3)67-25-41-83-75(105)33-49-91(50-34-76(106)84-42-26-68-98(4,5)6)57-59-93(53-37-79(109)87-45-29-71-101(13,14)15)61-63-95(55-39-81(111)89-47-31-73-103(19,20)21)65-66-96(56-40-82(112)90-48-32-74-104(22,23)24)64-62-94(54-38-80(110)88-46-30-72-102(16,17)18)60-58-92(51-35-77(107)85-43-27-69-99(7,8)9)52-36-78(108)86-44-28-70-100(10,11)12;;;;;/h25-74H2,1-24H3;5*1H/p+3. The van der Waals surface area contributed by atoms with Gasteiger partial charge in [-0.15, -0.1) is 0 Å². The van der Waals surface area contributed by atoms with Gasteiger partial charge in [0.1, 0.15) is 0 Å². The van der Waals surface area contributed by atoms with Crippen LogP contribution in [0.15, 0.2) is 0 Å². The van der Waals surface area contributed by atoms with E-state index in [0.29, 0.717) is 170 Å². The van der Waals surface area contributed by atoms with Crippen molar-refractivity contribution in [2.75, 3.05) is 392 Å². The molecule has 8 N–H and O–H groups in total. The second-order valence-electron chi connectivity index (χ2n) is 39.8. The third-order valence-electron chi connectivity index (χ3n) is 19.5. The molecule has 8 amide bonds. The lowest BCUT2D eigenvalue weighted by atomic mass is 10.2. The summed E-state index contributed by atoms with van der Waals surface area (Å²) >= 11 is 0. The van der Waals surface area contributed by atoms with E-state index >= 15 is 0 Å². The van der Waals surface area contributed by atoms with E-state index in [9.17, 15) is 38.4 Å². The molecule has 0 fully saturated rings. The molecule has 0 saturated heterocycles. The van der Waals surface area contributed by atoms with Crippen LogP contribution in [0.5, 0.6) is 0 Å². The Kier molecular flexibility index (Phi) is 71.4. The fourth-order valence-electron chi connectivity index (χ4n) is 12.5. The van der Waals surface area contributed by atoms with Crippen molar-refractivity contribution >= 4 is 47.3 Å². The fraction of sp³-hybridized carbons (Fsp3) is 0.902. The third kappa shape index (κ3) is 87.4. The molecule has 0 rings (SSSR count). The van der Waals surface area contributed by atoms with E-state index < -0.39 is 0 Å². The van der Waals surface area contributed by atoms with Gasteiger partial charge in [-0.3, -0.25) is 38.4 Å². The molecule has 0 saturated carbocycles.